The van der Waals surface area contributed by atoms with Crippen LogP contribution in [-0.2, 0) is 12.7 Å². The van der Waals surface area contributed by atoms with Crippen molar-refractivity contribution >= 4 is 0 Å². The Morgan fingerprint density at radius 1 is 1.47 bits per heavy atom. The van der Waals surface area contributed by atoms with E-state index in [9.17, 15) is 18.0 Å². The number of aryl methyl sites for hydroxylation is 1. The van der Waals surface area contributed by atoms with Gasteiger partial charge in [-0.05, 0) is 13.0 Å². The minimum Gasteiger partial charge on any atom is -0.395 e. The number of alkyl halides is 3. The van der Waals surface area contributed by atoms with Crippen molar-refractivity contribution in [1.82, 2.24) is 4.57 Å². The average molecular weight is 221 g/mol. The molecule has 1 N–H and O–H groups in total. The second kappa shape index (κ2) is 4.06. The summed E-state index contributed by atoms with van der Waals surface area (Å²) in [6.07, 6.45) is -3.76. The van der Waals surface area contributed by atoms with Crippen LogP contribution in [0.5, 0.6) is 0 Å². The highest BCUT2D eigenvalue weighted by atomic mass is 19.4. The molecule has 6 heteroatoms. The number of aliphatic hydroxyl groups excluding tert-OH is 1. The monoisotopic (exact) mass is 221 g/mol. The molecule has 0 spiro atoms. The topological polar surface area (TPSA) is 42.2 Å². The lowest BCUT2D eigenvalue weighted by Crippen LogP contribution is -2.25. The van der Waals surface area contributed by atoms with Gasteiger partial charge < -0.3 is 9.67 Å². The largest absolute Gasteiger partial charge is 0.417 e. The molecule has 1 aromatic rings. The van der Waals surface area contributed by atoms with E-state index in [1.165, 1.54) is 6.92 Å². The maximum Gasteiger partial charge on any atom is 0.417 e. The number of pyridine rings is 1. The summed E-state index contributed by atoms with van der Waals surface area (Å²) in [4.78, 5) is 11.3. The Hall–Kier alpha value is -1.30. The van der Waals surface area contributed by atoms with E-state index in [0.717, 1.165) is 10.6 Å². The summed E-state index contributed by atoms with van der Waals surface area (Å²) in [6.45, 7) is 0.801. The van der Waals surface area contributed by atoms with Gasteiger partial charge in [0.1, 0.15) is 0 Å². The van der Waals surface area contributed by atoms with Crippen molar-refractivity contribution in [1.29, 1.82) is 0 Å². The number of aliphatic hydroxyl groups is 1. The van der Waals surface area contributed by atoms with Gasteiger partial charge in [0.2, 0.25) is 0 Å². The van der Waals surface area contributed by atoms with E-state index in [1.54, 1.807) is 0 Å². The Bertz CT molecular complexity index is 409. The van der Waals surface area contributed by atoms with Crippen molar-refractivity contribution in [2.24, 2.45) is 0 Å². The SMILES string of the molecule is Cc1cc(C(F)(F)F)cn(CCO)c1=O. The molecular formula is C9H10F3NO2. The van der Waals surface area contributed by atoms with Gasteiger partial charge >= 0.3 is 6.18 Å². The summed E-state index contributed by atoms with van der Waals surface area (Å²) < 4.78 is 37.9. The molecule has 0 amide bonds. The lowest BCUT2D eigenvalue weighted by atomic mass is 10.2. The highest BCUT2D eigenvalue weighted by Gasteiger charge is 2.31. The van der Waals surface area contributed by atoms with Crippen LogP contribution < -0.4 is 5.56 Å². The third-order valence-electron chi connectivity index (χ3n) is 1.93. The van der Waals surface area contributed by atoms with Crippen LogP contribution in [0.25, 0.3) is 0 Å². The summed E-state index contributed by atoms with van der Waals surface area (Å²) in [7, 11) is 0. The van der Waals surface area contributed by atoms with E-state index >= 15 is 0 Å². The van der Waals surface area contributed by atoms with Gasteiger partial charge in [0.05, 0.1) is 12.2 Å². The minimum atomic E-state index is -4.48. The quantitative estimate of drug-likeness (QED) is 0.814. The Morgan fingerprint density at radius 2 is 2.07 bits per heavy atom. The summed E-state index contributed by atoms with van der Waals surface area (Å²) in [5.74, 6) is 0. The van der Waals surface area contributed by atoms with E-state index in [4.69, 9.17) is 5.11 Å². The highest BCUT2D eigenvalue weighted by molar-refractivity contribution is 5.20. The van der Waals surface area contributed by atoms with Crippen LogP contribution in [0.15, 0.2) is 17.1 Å². The third-order valence-corrected chi connectivity index (χ3v) is 1.93. The molecule has 0 fully saturated rings. The number of nitrogens with zero attached hydrogens (tertiary/aromatic N) is 1. The molecule has 1 heterocycles. The molecule has 0 aliphatic carbocycles. The van der Waals surface area contributed by atoms with Gasteiger partial charge in [0.25, 0.3) is 5.56 Å². The first-order chi connectivity index (χ1) is 6.86. The molecule has 0 bridgehead atoms. The predicted octanol–water partition coefficient (Wildman–Crippen LogP) is 1.17. The Morgan fingerprint density at radius 3 is 2.53 bits per heavy atom. The first-order valence-electron chi connectivity index (χ1n) is 4.25. The molecule has 3 nitrogen and oxygen atoms in total. The van der Waals surface area contributed by atoms with Crippen LogP contribution >= 0.6 is 0 Å². The molecule has 0 aliphatic rings. The smallest absolute Gasteiger partial charge is 0.395 e. The second-order valence-electron chi connectivity index (χ2n) is 3.13. The summed E-state index contributed by atoms with van der Waals surface area (Å²) >= 11 is 0. The van der Waals surface area contributed by atoms with Crippen LogP contribution in [0.2, 0.25) is 0 Å². The fraction of sp³-hybridized carbons (Fsp3) is 0.444. The van der Waals surface area contributed by atoms with E-state index < -0.39 is 17.3 Å². The number of hydrogen-bond donors (Lipinski definition) is 1. The standard InChI is InChI=1S/C9H10F3NO2/c1-6-4-7(9(10,11)12)5-13(2-3-14)8(6)15/h4-5,14H,2-3H2,1H3. The molecule has 0 aliphatic heterocycles. The van der Waals surface area contributed by atoms with Gasteiger partial charge in [0.15, 0.2) is 0 Å². The van der Waals surface area contributed by atoms with Crippen molar-refractivity contribution in [3.63, 3.8) is 0 Å². The van der Waals surface area contributed by atoms with E-state index in [2.05, 4.69) is 0 Å². The Kier molecular flexibility index (Phi) is 3.18. The lowest BCUT2D eigenvalue weighted by molar-refractivity contribution is -0.138. The van der Waals surface area contributed by atoms with Gasteiger partial charge in [0, 0.05) is 18.3 Å². The predicted molar refractivity (Wildman–Crippen MR) is 47.5 cm³/mol. The molecule has 15 heavy (non-hydrogen) atoms. The number of aromatic nitrogens is 1. The molecule has 0 atom stereocenters. The molecule has 0 saturated heterocycles. The van der Waals surface area contributed by atoms with Crippen molar-refractivity contribution in [2.75, 3.05) is 6.61 Å². The third kappa shape index (κ3) is 2.59. The summed E-state index contributed by atoms with van der Waals surface area (Å²) in [5.41, 5.74) is -1.39. The summed E-state index contributed by atoms with van der Waals surface area (Å²) in [5, 5.41) is 8.59. The van der Waals surface area contributed by atoms with Crippen molar-refractivity contribution in [3.05, 3.63) is 33.7 Å². The second-order valence-corrected chi connectivity index (χ2v) is 3.13. The van der Waals surface area contributed by atoms with E-state index in [1.807, 2.05) is 0 Å². The molecule has 0 saturated carbocycles. The van der Waals surface area contributed by atoms with E-state index in [0.29, 0.717) is 6.20 Å². The first kappa shape index (κ1) is 11.8. The Balaban J connectivity index is 3.30. The fourth-order valence-corrected chi connectivity index (χ4v) is 1.21. The lowest BCUT2D eigenvalue weighted by Gasteiger charge is -2.11. The zero-order chi connectivity index (χ0) is 11.6. The molecule has 0 unspecified atom stereocenters. The minimum absolute atomic E-state index is 0.0123. The van der Waals surface area contributed by atoms with Gasteiger partial charge in [-0.3, -0.25) is 4.79 Å². The van der Waals surface area contributed by atoms with Crippen LogP contribution in [0.1, 0.15) is 11.1 Å². The summed E-state index contributed by atoms with van der Waals surface area (Å²) in [6, 6.07) is 0.802. The number of halogens is 3. The molecule has 0 radical (unpaired) electrons. The van der Waals surface area contributed by atoms with Gasteiger partial charge in [-0.25, -0.2) is 0 Å². The first-order valence-corrected chi connectivity index (χ1v) is 4.25. The van der Waals surface area contributed by atoms with Gasteiger partial charge in [-0.2, -0.15) is 13.2 Å². The molecule has 1 aromatic heterocycles. The van der Waals surface area contributed by atoms with Crippen molar-refractivity contribution < 1.29 is 18.3 Å². The van der Waals surface area contributed by atoms with Crippen LogP contribution in [0, 0.1) is 6.92 Å². The number of hydrogen-bond acceptors (Lipinski definition) is 2. The van der Waals surface area contributed by atoms with Crippen LogP contribution in [0.4, 0.5) is 13.2 Å². The maximum atomic E-state index is 12.3. The molecular weight excluding hydrogens is 211 g/mol. The fourth-order valence-electron chi connectivity index (χ4n) is 1.21. The highest BCUT2D eigenvalue weighted by Crippen LogP contribution is 2.28. The van der Waals surface area contributed by atoms with E-state index in [-0.39, 0.29) is 18.7 Å². The molecule has 84 valence electrons. The van der Waals surface area contributed by atoms with Crippen LogP contribution in [0.3, 0.4) is 0 Å². The van der Waals surface area contributed by atoms with Gasteiger partial charge in [-0.15, -0.1) is 0 Å². The average Bonchev–Trinajstić information content (AvgIpc) is 2.11. The van der Waals surface area contributed by atoms with Gasteiger partial charge in [-0.1, -0.05) is 0 Å². The van der Waals surface area contributed by atoms with Crippen LogP contribution in [-0.4, -0.2) is 16.3 Å². The normalized spacial score (nSPS) is 11.8. The molecule has 0 aromatic carbocycles. The maximum absolute atomic E-state index is 12.3. The Labute approximate surface area is 83.8 Å². The van der Waals surface area contributed by atoms with Crippen molar-refractivity contribution in [3.8, 4) is 0 Å². The zero-order valence-corrected chi connectivity index (χ0v) is 8.01. The number of rotatable bonds is 2. The van der Waals surface area contributed by atoms with Crippen molar-refractivity contribution in [2.45, 2.75) is 19.6 Å². The molecule has 1 rings (SSSR count). The zero-order valence-electron chi connectivity index (χ0n) is 8.01.